The zero-order valence-corrected chi connectivity index (χ0v) is 16.6. The lowest BCUT2D eigenvalue weighted by atomic mass is 9.73. The molecule has 1 N–H and O–H groups in total. The fraction of sp³-hybridized carbons (Fsp3) is 0.476. The first-order chi connectivity index (χ1) is 13.6. The Bertz CT molecular complexity index is 825. The van der Waals surface area contributed by atoms with Crippen molar-refractivity contribution in [2.75, 3.05) is 19.6 Å². The number of rotatable bonds is 8. The summed E-state index contributed by atoms with van der Waals surface area (Å²) in [6.45, 7) is 2.35. The van der Waals surface area contributed by atoms with Crippen LogP contribution >= 0.6 is 11.6 Å². The lowest BCUT2D eigenvalue weighted by molar-refractivity contribution is -0.154. The highest BCUT2D eigenvalue weighted by Crippen LogP contribution is 2.39. The summed E-state index contributed by atoms with van der Waals surface area (Å²) < 4.78 is 1.86. The first kappa shape index (κ1) is 19.0. The van der Waals surface area contributed by atoms with E-state index in [1.807, 2.05) is 46.1 Å². The number of hydrogen-bond acceptors (Lipinski definition) is 3. The Balaban J connectivity index is 1.36. The smallest absolute Gasteiger partial charge is 0.230 e. The summed E-state index contributed by atoms with van der Waals surface area (Å²) in [5.41, 5.74) is 0.513. The summed E-state index contributed by atoms with van der Waals surface area (Å²) in [4.78, 5) is 27.2. The van der Waals surface area contributed by atoms with Crippen molar-refractivity contribution in [1.29, 1.82) is 0 Å². The predicted octanol–water partition coefficient (Wildman–Crippen LogP) is 2.52. The van der Waals surface area contributed by atoms with E-state index in [4.69, 9.17) is 11.6 Å². The normalized spacial score (nSPS) is 17.8. The average molecular weight is 401 g/mol. The summed E-state index contributed by atoms with van der Waals surface area (Å²) >= 11 is 5.99. The molecule has 1 saturated carbocycles. The van der Waals surface area contributed by atoms with Crippen LogP contribution in [0.1, 0.15) is 24.8 Å². The molecule has 1 aromatic heterocycles. The van der Waals surface area contributed by atoms with Crippen molar-refractivity contribution in [3.63, 3.8) is 0 Å². The van der Waals surface area contributed by atoms with Crippen molar-refractivity contribution in [3.05, 3.63) is 53.3 Å². The number of aryl methyl sites for hydroxylation is 1. The number of nitrogens with one attached hydrogen (secondary N) is 1. The standard InChI is InChI=1S/C21H25ClN4O2/c22-18-7-3-16(4-8-18)13-21(14-25(15-21)19(27)17-5-6-17)20(28)23-9-1-11-26-12-2-10-24-26/h2-4,7-8,10,12,17H,1,5-6,9,11,13-15H2,(H,23,28). The fourth-order valence-electron chi connectivity index (χ4n) is 3.82. The van der Waals surface area contributed by atoms with Gasteiger partial charge in [-0.3, -0.25) is 14.3 Å². The molecule has 0 unspecified atom stereocenters. The quantitative estimate of drug-likeness (QED) is 0.692. The molecule has 28 heavy (non-hydrogen) atoms. The van der Waals surface area contributed by atoms with Gasteiger partial charge in [-0.25, -0.2) is 0 Å². The topological polar surface area (TPSA) is 67.2 Å². The number of carbonyl (C=O) groups excluding carboxylic acids is 2. The Morgan fingerprint density at radius 1 is 1.21 bits per heavy atom. The number of halogens is 1. The van der Waals surface area contributed by atoms with E-state index in [-0.39, 0.29) is 17.7 Å². The number of carbonyl (C=O) groups is 2. The minimum Gasteiger partial charge on any atom is -0.355 e. The second kappa shape index (κ2) is 7.95. The van der Waals surface area contributed by atoms with Crippen LogP contribution < -0.4 is 5.32 Å². The van der Waals surface area contributed by atoms with Gasteiger partial charge in [0.1, 0.15) is 0 Å². The van der Waals surface area contributed by atoms with Gasteiger partial charge in [0, 0.05) is 49.5 Å². The van der Waals surface area contributed by atoms with Gasteiger partial charge in [-0.2, -0.15) is 5.10 Å². The minimum atomic E-state index is -0.552. The summed E-state index contributed by atoms with van der Waals surface area (Å²) in [6, 6.07) is 9.50. The zero-order valence-electron chi connectivity index (χ0n) is 15.8. The Kier molecular flexibility index (Phi) is 5.40. The highest BCUT2D eigenvalue weighted by Gasteiger charge is 2.52. The van der Waals surface area contributed by atoms with Gasteiger partial charge in [0.2, 0.25) is 11.8 Å². The lowest BCUT2D eigenvalue weighted by Gasteiger charge is -2.49. The largest absolute Gasteiger partial charge is 0.355 e. The zero-order chi connectivity index (χ0) is 19.6. The van der Waals surface area contributed by atoms with E-state index in [9.17, 15) is 9.59 Å². The fourth-order valence-corrected chi connectivity index (χ4v) is 3.95. The number of amides is 2. The minimum absolute atomic E-state index is 0.0303. The molecule has 1 aliphatic carbocycles. The maximum atomic E-state index is 13.0. The van der Waals surface area contributed by atoms with E-state index in [1.165, 1.54) is 0 Å². The van der Waals surface area contributed by atoms with Gasteiger partial charge in [-0.1, -0.05) is 23.7 Å². The second-order valence-corrected chi connectivity index (χ2v) is 8.37. The predicted molar refractivity (Wildman–Crippen MR) is 107 cm³/mol. The lowest BCUT2D eigenvalue weighted by Crippen LogP contribution is -2.66. The second-order valence-electron chi connectivity index (χ2n) is 7.93. The maximum Gasteiger partial charge on any atom is 0.230 e. The van der Waals surface area contributed by atoms with E-state index in [0.29, 0.717) is 31.1 Å². The first-order valence-electron chi connectivity index (χ1n) is 9.85. The third-order valence-corrected chi connectivity index (χ3v) is 5.82. The molecule has 4 rings (SSSR count). The van der Waals surface area contributed by atoms with E-state index in [2.05, 4.69) is 10.4 Å². The monoisotopic (exact) mass is 400 g/mol. The molecule has 0 spiro atoms. The van der Waals surface area contributed by atoms with Gasteiger partial charge in [-0.15, -0.1) is 0 Å². The molecule has 0 atom stereocenters. The Morgan fingerprint density at radius 3 is 2.61 bits per heavy atom. The van der Waals surface area contributed by atoms with Gasteiger partial charge in [0.05, 0.1) is 5.41 Å². The molecular formula is C21H25ClN4O2. The molecule has 0 bridgehead atoms. The third kappa shape index (κ3) is 4.22. The van der Waals surface area contributed by atoms with E-state index < -0.39 is 5.41 Å². The van der Waals surface area contributed by atoms with Crippen molar-refractivity contribution < 1.29 is 9.59 Å². The summed E-state index contributed by atoms with van der Waals surface area (Å²) in [5, 5.41) is 7.93. The van der Waals surface area contributed by atoms with Crippen LogP contribution in [0.25, 0.3) is 0 Å². The highest BCUT2D eigenvalue weighted by atomic mass is 35.5. The average Bonchev–Trinajstić information content (AvgIpc) is 3.39. The van der Waals surface area contributed by atoms with Crippen LogP contribution in [0.4, 0.5) is 0 Å². The van der Waals surface area contributed by atoms with E-state index in [1.54, 1.807) is 6.20 Å². The Morgan fingerprint density at radius 2 is 1.96 bits per heavy atom. The molecular weight excluding hydrogens is 376 g/mol. The highest BCUT2D eigenvalue weighted by molar-refractivity contribution is 6.30. The molecule has 7 heteroatoms. The van der Waals surface area contributed by atoms with Crippen LogP contribution in [0.3, 0.4) is 0 Å². The molecule has 1 aromatic carbocycles. The molecule has 2 heterocycles. The van der Waals surface area contributed by atoms with Crippen LogP contribution in [0.15, 0.2) is 42.7 Å². The van der Waals surface area contributed by atoms with Gasteiger partial charge < -0.3 is 10.2 Å². The molecule has 0 radical (unpaired) electrons. The van der Waals surface area contributed by atoms with Crippen LogP contribution in [0, 0.1) is 11.3 Å². The van der Waals surface area contributed by atoms with Crippen LogP contribution in [0.5, 0.6) is 0 Å². The Labute approximate surface area is 169 Å². The number of aromatic nitrogens is 2. The molecule has 148 valence electrons. The number of benzene rings is 1. The van der Waals surface area contributed by atoms with Crippen molar-refractivity contribution in [2.45, 2.75) is 32.2 Å². The Hall–Kier alpha value is -2.34. The third-order valence-electron chi connectivity index (χ3n) is 5.57. The maximum absolute atomic E-state index is 13.0. The van der Waals surface area contributed by atoms with Crippen LogP contribution in [0.2, 0.25) is 5.02 Å². The number of likely N-dealkylation sites (tertiary alicyclic amines) is 1. The van der Waals surface area contributed by atoms with Crippen LogP contribution in [-0.2, 0) is 22.6 Å². The molecule has 2 amide bonds. The molecule has 2 aliphatic rings. The van der Waals surface area contributed by atoms with E-state index in [0.717, 1.165) is 31.4 Å². The number of nitrogens with zero attached hydrogens (tertiary/aromatic N) is 3. The van der Waals surface area contributed by atoms with Gasteiger partial charge >= 0.3 is 0 Å². The van der Waals surface area contributed by atoms with Gasteiger partial charge in [0.15, 0.2) is 0 Å². The van der Waals surface area contributed by atoms with Crippen molar-refractivity contribution in [2.24, 2.45) is 11.3 Å². The van der Waals surface area contributed by atoms with E-state index >= 15 is 0 Å². The van der Waals surface area contributed by atoms with Gasteiger partial charge in [0.25, 0.3) is 0 Å². The molecule has 1 saturated heterocycles. The van der Waals surface area contributed by atoms with Crippen LogP contribution in [-0.4, -0.2) is 46.1 Å². The molecule has 2 fully saturated rings. The molecule has 6 nitrogen and oxygen atoms in total. The molecule has 1 aliphatic heterocycles. The summed E-state index contributed by atoms with van der Waals surface area (Å²) in [5.74, 6) is 0.423. The number of hydrogen-bond donors (Lipinski definition) is 1. The van der Waals surface area contributed by atoms with Gasteiger partial charge in [-0.05, 0) is 49.4 Å². The van der Waals surface area contributed by atoms with Crippen molar-refractivity contribution in [3.8, 4) is 0 Å². The summed E-state index contributed by atoms with van der Waals surface area (Å²) in [7, 11) is 0. The SMILES string of the molecule is O=C(C1CC1)N1CC(Cc2ccc(Cl)cc2)(C(=O)NCCCn2cccn2)C1. The first-order valence-corrected chi connectivity index (χ1v) is 10.2. The molecule has 2 aromatic rings. The van der Waals surface area contributed by atoms with Crippen molar-refractivity contribution >= 4 is 23.4 Å². The van der Waals surface area contributed by atoms with Crippen molar-refractivity contribution in [1.82, 2.24) is 20.0 Å². The summed E-state index contributed by atoms with van der Waals surface area (Å²) in [6.07, 6.45) is 7.06.